The number of likely N-dealkylation sites (N-methyl/N-ethyl adjacent to an activating group) is 1. The molecule has 352 valence electrons. The normalized spacial score (nSPS) is 17.1. The number of thiazole rings is 1. The van der Waals surface area contributed by atoms with Crippen LogP contribution < -0.4 is 10.7 Å². The summed E-state index contributed by atoms with van der Waals surface area (Å²) in [5, 5.41) is 18.0. The minimum absolute atomic E-state index is 0.154. The zero-order valence-corrected chi connectivity index (χ0v) is 40.4. The van der Waals surface area contributed by atoms with Gasteiger partial charge in [0.2, 0.25) is 17.7 Å². The maximum Gasteiger partial charge on any atom is 0.259 e. The van der Waals surface area contributed by atoms with E-state index in [1.54, 1.807) is 24.1 Å². The van der Waals surface area contributed by atoms with E-state index in [1.165, 1.54) is 22.3 Å². The molecule has 0 saturated carbocycles. The van der Waals surface area contributed by atoms with E-state index in [0.29, 0.717) is 50.6 Å². The second-order valence-electron chi connectivity index (χ2n) is 18.6. The standard InChI is InChI=1S/C49H68N8O7S/c1-11-42(59)55-20-17-34(26-55)47(61)54(9)44(30(3)4)46(60)53-38(48(62)57-19-14-13-18-51-57)23-41-52-39(27-65-41)33-15-16-40-35(22-33)37(24-49(7,8)28-64-29-58)45(56(40)12-2)36-21-31(5)25-50-43(36)32(6)63-10/h11,15-16,21-22,25,27,30,32,34,38,44,51,58H,1,12-14,17-20,23-24,26,28-29H2,2-10H3,(H,53,60)/t32-,34-,38-,44-/m0/s1. The Kier molecular flexibility index (Phi) is 16.4. The van der Waals surface area contributed by atoms with Crippen LogP contribution in [-0.4, -0.2) is 124 Å². The molecule has 0 unspecified atom stereocenters. The summed E-state index contributed by atoms with van der Waals surface area (Å²) in [5.41, 5.74) is 10.7. The molecule has 4 atom stereocenters. The molecule has 4 aromatic rings. The number of nitrogens with one attached hydrogen (secondary N) is 2. The second kappa shape index (κ2) is 21.5. The SMILES string of the molecule is C=CC(=O)N1CC[C@H](C(=O)N(C)[C@H](C(=O)N[C@@H](Cc2nc(-c3ccc4c(c3)c(CC(C)(C)COCO)c(-c3cc(C)cnc3[C@H](C)OC)n4CC)cs2)C(=O)N2CCCCN2)C(C)C)C1. The summed E-state index contributed by atoms with van der Waals surface area (Å²) in [6, 6.07) is 6.78. The maximum atomic E-state index is 14.3. The predicted octanol–water partition coefficient (Wildman–Crippen LogP) is 6.07. The molecule has 6 rings (SSSR count). The number of nitrogens with zero attached hydrogens (tertiary/aromatic N) is 6. The highest BCUT2D eigenvalue weighted by Gasteiger charge is 2.39. The zero-order valence-electron chi connectivity index (χ0n) is 39.6. The number of aliphatic hydroxyl groups excluding tert-OH is 1. The van der Waals surface area contributed by atoms with Gasteiger partial charge in [-0.15, -0.1) is 11.3 Å². The van der Waals surface area contributed by atoms with Crippen molar-refractivity contribution in [1.29, 1.82) is 0 Å². The highest BCUT2D eigenvalue weighted by Crippen LogP contribution is 2.42. The first-order chi connectivity index (χ1) is 31.0. The van der Waals surface area contributed by atoms with Crippen molar-refractivity contribution >= 4 is 45.9 Å². The number of fused-ring (bicyclic) bond motifs is 1. The number of aryl methyl sites for hydroxylation is 2. The largest absolute Gasteiger partial charge is 0.375 e. The Bertz CT molecular complexity index is 2350. The fraction of sp³-hybridized carbons (Fsp3) is 0.551. The molecule has 0 spiro atoms. The van der Waals surface area contributed by atoms with Gasteiger partial charge in [-0.1, -0.05) is 40.3 Å². The Morgan fingerprint density at radius 2 is 1.92 bits per heavy atom. The van der Waals surface area contributed by atoms with Crippen LogP contribution in [-0.2, 0) is 48.0 Å². The summed E-state index contributed by atoms with van der Waals surface area (Å²) in [6.07, 6.45) is 5.95. The number of hydrogen-bond donors (Lipinski definition) is 3. The minimum Gasteiger partial charge on any atom is -0.375 e. The Morgan fingerprint density at radius 1 is 1.15 bits per heavy atom. The van der Waals surface area contributed by atoms with E-state index in [1.807, 2.05) is 39.3 Å². The molecule has 15 nitrogen and oxygen atoms in total. The number of aliphatic hydroxyl groups is 1. The summed E-state index contributed by atoms with van der Waals surface area (Å²) in [7, 11) is 3.32. The number of hydrazine groups is 1. The van der Waals surface area contributed by atoms with E-state index in [4.69, 9.17) is 19.4 Å². The van der Waals surface area contributed by atoms with Crippen molar-refractivity contribution in [3.05, 3.63) is 70.3 Å². The van der Waals surface area contributed by atoms with Crippen LogP contribution in [0.2, 0.25) is 0 Å². The van der Waals surface area contributed by atoms with E-state index in [2.05, 4.69) is 66.9 Å². The number of carbonyl (C=O) groups is 4. The first kappa shape index (κ1) is 49.4. The molecule has 5 heterocycles. The van der Waals surface area contributed by atoms with Crippen LogP contribution in [0.4, 0.5) is 0 Å². The number of rotatable bonds is 19. The monoisotopic (exact) mass is 912 g/mol. The third-order valence-corrected chi connectivity index (χ3v) is 13.6. The van der Waals surface area contributed by atoms with Crippen LogP contribution in [0.5, 0.6) is 0 Å². The number of pyridine rings is 1. The van der Waals surface area contributed by atoms with Crippen LogP contribution in [0.25, 0.3) is 33.4 Å². The molecule has 3 aromatic heterocycles. The molecule has 16 heteroatoms. The van der Waals surface area contributed by atoms with Crippen molar-refractivity contribution in [3.63, 3.8) is 0 Å². The fourth-order valence-corrected chi connectivity index (χ4v) is 10.2. The van der Waals surface area contributed by atoms with Crippen LogP contribution in [0.15, 0.2) is 48.5 Å². The first-order valence-corrected chi connectivity index (χ1v) is 23.7. The van der Waals surface area contributed by atoms with Gasteiger partial charge in [0.15, 0.2) is 0 Å². The van der Waals surface area contributed by atoms with Gasteiger partial charge < -0.3 is 34.3 Å². The molecule has 0 bridgehead atoms. The number of benzene rings is 1. The quantitative estimate of drug-likeness (QED) is 0.0742. The third kappa shape index (κ3) is 11.2. The number of amides is 4. The fourth-order valence-electron chi connectivity index (χ4n) is 9.33. The summed E-state index contributed by atoms with van der Waals surface area (Å²) >= 11 is 1.43. The zero-order chi connectivity index (χ0) is 47.2. The molecule has 2 aliphatic rings. The van der Waals surface area contributed by atoms with Crippen LogP contribution in [0, 0.1) is 24.2 Å². The number of likely N-dealkylation sites (tertiary alicyclic amines) is 1. The summed E-state index contributed by atoms with van der Waals surface area (Å²) < 4.78 is 13.7. The molecule has 2 fully saturated rings. The highest BCUT2D eigenvalue weighted by atomic mass is 32.1. The van der Waals surface area contributed by atoms with Gasteiger partial charge in [0.25, 0.3) is 5.91 Å². The van der Waals surface area contributed by atoms with Gasteiger partial charge in [0, 0.05) is 86.9 Å². The lowest BCUT2D eigenvalue weighted by molar-refractivity contribution is -0.145. The Labute approximate surface area is 387 Å². The van der Waals surface area contributed by atoms with Gasteiger partial charge in [-0.05, 0) is 93.2 Å². The highest BCUT2D eigenvalue weighted by molar-refractivity contribution is 7.10. The second-order valence-corrected chi connectivity index (χ2v) is 19.5. The van der Waals surface area contributed by atoms with E-state index in [9.17, 15) is 24.3 Å². The average Bonchev–Trinajstić information content (AvgIpc) is 4.05. The van der Waals surface area contributed by atoms with Gasteiger partial charge in [0.1, 0.15) is 18.9 Å². The summed E-state index contributed by atoms with van der Waals surface area (Å²) in [4.78, 5) is 67.7. The number of hydrogen-bond acceptors (Lipinski definition) is 11. The summed E-state index contributed by atoms with van der Waals surface area (Å²) in [6.45, 7) is 20.4. The van der Waals surface area contributed by atoms with Crippen LogP contribution in [0.1, 0.15) is 88.7 Å². The lowest BCUT2D eigenvalue weighted by Gasteiger charge is -2.35. The first-order valence-electron chi connectivity index (χ1n) is 22.8. The minimum atomic E-state index is -0.950. The van der Waals surface area contributed by atoms with Gasteiger partial charge >= 0.3 is 0 Å². The van der Waals surface area contributed by atoms with Crippen molar-refractivity contribution in [2.75, 3.05) is 53.7 Å². The van der Waals surface area contributed by atoms with Crippen molar-refractivity contribution < 1.29 is 33.8 Å². The van der Waals surface area contributed by atoms with E-state index >= 15 is 0 Å². The van der Waals surface area contributed by atoms with Gasteiger partial charge in [-0.3, -0.25) is 29.2 Å². The van der Waals surface area contributed by atoms with Crippen LogP contribution >= 0.6 is 11.3 Å². The number of aromatic nitrogens is 3. The molecule has 0 aliphatic carbocycles. The van der Waals surface area contributed by atoms with Crippen LogP contribution in [0.3, 0.4) is 0 Å². The van der Waals surface area contributed by atoms with E-state index in [-0.39, 0.29) is 54.9 Å². The molecule has 4 amide bonds. The molecule has 65 heavy (non-hydrogen) atoms. The third-order valence-electron chi connectivity index (χ3n) is 12.7. The van der Waals surface area contributed by atoms with Crippen molar-refractivity contribution in [2.24, 2.45) is 17.3 Å². The lowest BCUT2D eigenvalue weighted by atomic mass is 9.84. The van der Waals surface area contributed by atoms with Crippen molar-refractivity contribution in [1.82, 2.24) is 40.1 Å². The lowest BCUT2D eigenvalue weighted by Crippen LogP contribution is -2.59. The van der Waals surface area contributed by atoms with Gasteiger partial charge in [0.05, 0.1) is 40.7 Å². The maximum absolute atomic E-state index is 14.3. The van der Waals surface area contributed by atoms with E-state index in [0.717, 1.165) is 63.1 Å². The number of ether oxygens (including phenoxy) is 2. The van der Waals surface area contributed by atoms with Crippen molar-refractivity contribution in [2.45, 2.75) is 105 Å². The molecule has 2 aliphatic heterocycles. The molecule has 0 radical (unpaired) electrons. The van der Waals surface area contributed by atoms with E-state index < -0.39 is 23.9 Å². The number of methoxy groups -OCH3 is 1. The molecule has 2 saturated heterocycles. The predicted molar refractivity (Wildman–Crippen MR) is 253 cm³/mol. The topological polar surface area (TPSA) is 171 Å². The Balaban J connectivity index is 1.34. The molecular weight excluding hydrogens is 845 g/mol. The van der Waals surface area contributed by atoms with Gasteiger partial charge in [-0.2, -0.15) is 0 Å². The molecular formula is C49H68N8O7S. The summed E-state index contributed by atoms with van der Waals surface area (Å²) in [5.74, 6) is -1.82. The van der Waals surface area contributed by atoms with Crippen molar-refractivity contribution in [3.8, 4) is 22.5 Å². The Morgan fingerprint density at radius 3 is 2.58 bits per heavy atom. The molecule has 3 N–H and O–H groups in total. The van der Waals surface area contributed by atoms with Gasteiger partial charge in [-0.25, -0.2) is 10.4 Å². The smallest absolute Gasteiger partial charge is 0.259 e. The Hall–Kier alpha value is -5.00. The molecule has 1 aromatic carbocycles. The average molecular weight is 913 g/mol. The number of carbonyl (C=O) groups excluding carboxylic acids is 4.